The van der Waals surface area contributed by atoms with E-state index in [1.165, 1.54) is 4.90 Å². The molecule has 1 fully saturated rings. The summed E-state index contributed by atoms with van der Waals surface area (Å²) < 4.78 is 0.890. The van der Waals surface area contributed by atoms with Crippen LogP contribution in [0.5, 0.6) is 0 Å². The van der Waals surface area contributed by atoms with Crippen LogP contribution in [-0.2, 0) is 9.59 Å². The Balaban J connectivity index is 2.01. The zero-order valence-corrected chi connectivity index (χ0v) is 15.1. The molecule has 120 valence electrons. The van der Waals surface area contributed by atoms with Crippen molar-refractivity contribution in [1.29, 1.82) is 0 Å². The Morgan fingerprint density at radius 1 is 1.12 bits per heavy atom. The van der Waals surface area contributed by atoms with E-state index in [1.807, 2.05) is 43.3 Å². The second-order valence-electron chi connectivity index (χ2n) is 5.35. The van der Waals surface area contributed by atoms with Gasteiger partial charge < -0.3 is 0 Å². The lowest BCUT2D eigenvalue weighted by Gasteiger charge is -2.29. The van der Waals surface area contributed by atoms with Crippen LogP contribution in [0.4, 0.5) is 5.69 Å². The molecule has 1 heterocycles. The Morgan fingerprint density at radius 2 is 1.83 bits per heavy atom. The van der Waals surface area contributed by atoms with E-state index in [4.69, 9.17) is 12.2 Å². The minimum absolute atomic E-state index is 0.0529. The number of nitrogens with one attached hydrogen (secondary N) is 1. The van der Waals surface area contributed by atoms with Crippen molar-refractivity contribution in [1.82, 2.24) is 5.32 Å². The highest BCUT2D eigenvalue weighted by molar-refractivity contribution is 9.10. The van der Waals surface area contributed by atoms with Gasteiger partial charge in [0, 0.05) is 4.47 Å². The van der Waals surface area contributed by atoms with Gasteiger partial charge >= 0.3 is 0 Å². The molecule has 2 amide bonds. The number of thiocarbonyl (C=S) groups is 1. The van der Waals surface area contributed by atoms with Crippen LogP contribution in [0.2, 0.25) is 0 Å². The van der Waals surface area contributed by atoms with Crippen molar-refractivity contribution in [2.24, 2.45) is 0 Å². The largest absolute Gasteiger partial charge is 0.298 e. The Hall–Kier alpha value is -2.31. The first kappa shape index (κ1) is 16.5. The average molecular weight is 401 g/mol. The quantitative estimate of drug-likeness (QED) is 0.476. The van der Waals surface area contributed by atoms with Crippen molar-refractivity contribution in [3.63, 3.8) is 0 Å². The number of aryl methyl sites for hydroxylation is 1. The van der Waals surface area contributed by atoms with Gasteiger partial charge in [-0.3, -0.25) is 19.8 Å². The Labute approximate surface area is 153 Å². The number of carbonyl (C=O) groups excluding carboxylic acids is 2. The van der Waals surface area contributed by atoms with Gasteiger partial charge in [0.2, 0.25) is 0 Å². The summed E-state index contributed by atoms with van der Waals surface area (Å²) in [6.07, 6.45) is 1.58. The first-order valence-corrected chi connectivity index (χ1v) is 8.39. The van der Waals surface area contributed by atoms with Gasteiger partial charge in [0.25, 0.3) is 11.8 Å². The SMILES string of the molecule is Cc1cccc(C=C2C(=O)NC(=S)N(c3ccc(Br)cc3)C2=O)c1. The number of nitrogens with zero attached hydrogens (tertiary/aromatic N) is 1. The summed E-state index contributed by atoms with van der Waals surface area (Å²) in [7, 11) is 0. The van der Waals surface area contributed by atoms with Crippen molar-refractivity contribution in [2.45, 2.75) is 6.92 Å². The highest BCUT2D eigenvalue weighted by Gasteiger charge is 2.34. The maximum Gasteiger partial charge on any atom is 0.270 e. The van der Waals surface area contributed by atoms with Crippen LogP contribution in [0, 0.1) is 6.92 Å². The molecule has 1 aliphatic rings. The van der Waals surface area contributed by atoms with Gasteiger partial charge in [-0.25, -0.2) is 0 Å². The monoisotopic (exact) mass is 400 g/mol. The predicted molar refractivity (Wildman–Crippen MR) is 102 cm³/mol. The number of anilines is 1. The number of amides is 2. The number of hydrogen-bond acceptors (Lipinski definition) is 3. The van der Waals surface area contributed by atoms with Crippen molar-refractivity contribution in [2.75, 3.05) is 4.90 Å². The van der Waals surface area contributed by atoms with Gasteiger partial charge in [0.1, 0.15) is 5.57 Å². The highest BCUT2D eigenvalue weighted by atomic mass is 79.9. The number of benzene rings is 2. The molecule has 0 aliphatic carbocycles. The average Bonchev–Trinajstić information content (AvgIpc) is 2.53. The van der Waals surface area contributed by atoms with Gasteiger partial charge in [-0.2, -0.15) is 0 Å². The minimum atomic E-state index is -0.486. The van der Waals surface area contributed by atoms with Crippen molar-refractivity contribution >= 4 is 56.8 Å². The zero-order chi connectivity index (χ0) is 17.3. The van der Waals surface area contributed by atoms with E-state index in [-0.39, 0.29) is 10.7 Å². The molecule has 1 N–H and O–H groups in total. The van der Waals surface area contributed by atoms with Crippen molar-refractivity contribution in [3.05, 3.63) is 69.7 Å². The van der Waals surface area contributed by atoms with Gasteiger partial charge in [-0.05, 0) is 55.0 Å². The topological polar surface area (TPSA) is 49.4 Å². The lowest BCUT2D eigenvalue weighted by molar-refractivity contribution is -0.122. The fourth-order valence-corrected chi connectivity index (χ4v) is 2.95. The smallest absolute Gasteiger partial charge is 0.270 e. The normalized spacial score (nSPS) is 16.5. The molecule has 0 bridgehead atoms. The molecule has 2 aromatic rings. The molecule has 3 rings (SSSR count). The van der Waals surface area contributed by atoms with Crippen LogP contribution < -0.4 is 10.2 Å². The molecule has 0 radical (unpaired) electrons. The highest BCUT2D eigenvalue weighted by Crippen LogP contribution is 2.23. The third kappa shape index (κ3) is 3.29. The zero-order valence-electron chi connectivity index (χ0n) is 12.7. The maximum atomic E-state index is 12.8. The van der Waals surface area contributed by atoms with Crippen LogP contribution in [0.1, 0.15) is 11.1 Å². The van der Waals surface area contributed by atoms with Crippen LogP contribution in [0.15, 0.2) is 58.6 Å². The van der Waals surface area contributed by atoms with E-state index in [0.29, 0.717) is 5.69 Å². The lowest BCUT2D eigenvalue weighted by atomic mass is 10.1. The lowest BCUT2D eigenvalue weighted by Crippen LogP contribution is -2.54. The molecule has 2 aromatic carbocycles. The molecule has 0 aromatic heterocycles. The fraction of sp³-hybridized carbons (Fsp3) is 0.0556. The van der Waals surface area contributed by atoms with E-state index in [2.05, 4.69) is 21.2 Å². The molecule has 1 saturated heterocycles. The molecule has 0 atom stereocenters. The molecule has 4 nitrogen and oxygen atoms in total. The molecular weight excluding hydrogens is 388 g/mol. The summed E-state index contributed by atoms with van der Waals surface area (Å²) in [6.45, 7) is 1.95. The van der Waals surface area contributed by atoms with E-state index in [0.717, 1.165) is 15.6 Å². The number of carbonyl (C=O) groups is 2. The van der Waals surface area contributed by atoms with Gasteiger partial charge in [0.15, 0.2) is 5.11 Å². The number of rotatable bonds is 2. The van der Waals surface area contributed by atoms with Crippen molar-refractivity contribution in [3.8, 4) is 0 Å². The Morgan fingerprint density at radius 3 is 2.50 bits per heavy atom. The van der Waals surface area contributed by atoms with Gasteiger partial charge in [-0.1, -0.05) is 45.8 Å². The van der Waals surface area contributed by atoms with E-state index < -0.39 is 11.8 Å². The molecular formula is C18H13BrN2O2S. The minimum Gasteiger partial charge on any atom is -0.298 e. The third-order valence-electron chi connectivity index (χ3n) is 3.54. The summed E-state index contributed by atoms with van der Waals surface area (Å²) in [5.74, 6) is -0.924. The van der Waals surface area contributed by atoms with Gasteiger partial charge in [-0.15, -0.1) is 0 Å². The second kappa shape index (κ2) is 6.67. The summed E-state index contributed by atoms with van der Waals surface area (Å²) >= 11 is 8.52. The molecule has 0 saturated carbocycles. The first-order valence-electron chi connectivity index (χ1n) is 7.19. The Kier molecular flexibility index (Phi) is 4.59. The molecule has 1 aliphatic heterocycles. The van der Waals surface area contributed by atoms with E-state index in [9.17, 15) is 9.59 Å². The van der Waals surface area contributed by atoms with Crippen molar-refractivity contribution < 1.29 is 9.59 Å². The summed E-state index contributed by atoms with van der Waals surface area (Å²) in [5.41, 5.74) is 2.49. The molecule has 0 spiro atoms. The predicted octanol–water partition coefficient (Wildman–Crippen LogP) is 3.59. The summed E-state index contributed by atoms with van der Waals surface area (Å²) in [4.78, 5) is 26.4. The van der Waals surface area contributed by atoms with Crippen LogP contribution in [0.25, 0.3) is 6.08 Å². The summed E-state index contributed by atoms with van der Waals surface area (Å²) in [6, 6.07) is 14.7. The number of halogens is 1. The van der Waals surface area contributed by atoms with Crippen LogP contribution in [0.3, 0.4) is 0 Å². The second-order valence-corrected chi connectivity index (χ2v) is 6.65. The fourth-order valence-electron chi connectivity index (χ4n) is 2.41. The maximum absolute atomic E-state index is 12.8. The molecule has 0 unspecified atom stereocenters. The van der Waals surface area contributed by atoms with Gasteiger partial charge in [0.05, 0.1) is 5.69 Å². The number of hydrogen-bond donors (Lipinski definition) is 1. The van der Waals surface area contributed by atoms with E-state index in [1.54, 1.807) is 18.2 Å². The van der Waals surface area contributed by atoms with Crippen LogP contribution in [-0.4, -0.2) is 16.9 Å². The third-order valence-corrected chi connectivity index (χ3v) is 4.35. The Bertz CT molecular complexity index is 875. The van der Waals surface area contributed by atoms with E-state index >= 15 is 0 Å². The molecule has 24 heavy (non-hydrogen) atoms. The molecule has 6 heteroatoms. The van der Waals surface area contributed by atoms with Crippen LogP contribution >= 0.6 is 28.1 Å². The summed E-state index contributed by atoms with van der Waals surface area (Å²) in [5, 5.41) is 2.65. The first-order chi connectivity index (χ1) is 11.5. The standard InChI is InChI=1S/C18H13BrN2O2S/c1-11-3-2-4-12(9-11)10-15-16(22)20-18(24)21(17(15)23)14-7-5-13(19)6-8-14/h2-10H,1H3,(H,20,22,24).